The van der Waals surface area contributed by atoms with Gasteiger partial charge in [0.2, 0.25) is 0 Å². The highest BCUT2D eigenvalue weighted by molar-refractivity contribution is 5.82. The van der Waals surface area contributed by atoms with Gasteiger partial charge in [-0.1, -0.05) is 44.2 Å². The quantitative estimate of drug-likeness (QED) is 0.649. The van der Waals surface area contributed by atoms with Gasteiger partial charge in [-0.05, 0) is 35.6 Å². The lowest BCUT2D eigenvalue weighted by atomic mass is 10.00. The second-order valence-electron chi connectivity index (χ2n) is 6.71. The van der Waals surface area contributed by atoms with Gasteiger partial charge in [-0.15, -0.1) is 0 Å². The van der Waals surface area contributed by atoms with Crippen LogP contribution in [0, 0.1) is 0 Å². The standard InChI is InChI=1S/C22H23NO4/c1-15(2)19-13-22(25)27-20-12-17(8-9-18(19)20)26-14-21(24)23-11-10-16-6-4-3-5-7-16/h3-9,12-13,15H,10-11,14H2,1-2H3,(H,23,24). The maximum absolute atomic E-state index is 12.0. The van der Waals surface area contributed by atoms with E-state index in [2.05, 4.69) is 5.32 Å². The van der Waals surface area contributed by atoms with E-state index < -0.39 is 0 Å². The first kappa shape index (κ1) is 18.7. The van der Waals surface area contributed by atoms with Crippen molar-refractivity contribution in [2.75, 3.05) is 13.2 Å². The fourth-order valence-electron chi connectivity index (χ4n) is 2.93. The second kappa shape index (κ2) is 8.54. The Labute approximate surface area is 158 Å². The summed E-state index contributed by atoms with van der Waals surface area (Å²) in [6.07, 6.45) is 0.770. The summed E-state index contributed by atoms with van der Waals surface area (Å²) in [5, 5.41) is 3.71. The Hall–Kier alpha value is -3.08. The number of benzene rings is 2. The van der Waals surface area contributed by atoms with Crippen LogP contribution in [0.4, 0.5) is 0 Å². The lowest BCUT2D eigenvalue weighted by Crippen LogP contribution is -2.30. The van der Waals surface area contributed by atoms with Gasteiger partial charge in [0.05, 0.1) is 0 Å². The largest absolute Gasteiger partial charge is 0.484 e. The first-order valence-electron chi connectivity index (χ1n) is 9.04. The molecule has 27 heavy (non-hydrogen) atoms. The van der Waals surface area contributed by atoms with Crippen LogP contribution in [0.15, 0.2) is 63.8 Å². The number of nitrogens with one attached hydrogen (secondary N) is 1. The van der Waals surface area contributed by atoms with Crippen molar-refractivity contribution in [3.8, 4) is 5.75 Å². The van der Waals surface area contributed by atoms with Crippen molar-refractivity contribution in [1.82, 2.24) is 5.32 Å². The Morgan fingerprint density at radius 1 is 1.11 bits per heavy atom. The van der Waals surface area contributed by atoms with E-state index in [0.717, 1.165) is 17.4 Å². The summed E-state index contributed by atoms with van der Waals surface area (Å²) in [4.78, 5) is 23.7. The molecule has 2 aromatic carbocycles. The molecule has 0 atom stereocenters. The molecule has 0 bridgehead atoms. The molecule has 0 aliphatic heterocycles. The lowest BCUT2D eigenvalue weighted by Gasteiger charge is -2.11. The minimum atomic E-state index is -0.387. The molecule has 1 aromatic heterocycles. The summed E-state index contributed by atoms with van der Waals surface area (Å²) >= 11 is 0. The Morgan fingerprint density at radius 3 is 2.63 bits per heavy atom. The second-order valence-corrected chi connectivity index (χ2v) is 6.71. The predicted molar refractivity (Wildman–Crippen MR) is 105 cm³/mol. The zero-order valence-electron chi connectivity index (χ0n) is 15.5. The molecule has 0 radical (unpaired) electrons. The van der Waals surface area contributed by atoms with Crippen LogP contribution in [0.1, 0.15) is 30.9 Å². The van der Waals surface area contributed by atoms with E-state index in [1.54, 1.807) is 12.1 Å². The summed E-state index contributed by atoms with van der Waals surface area (Å²) in [5.41, 5.74) is 2.19. The van der Waals surface area contributed by atoms with Gasteiger partial charge in [-0.2, -0.15) is 0 Å². The van der Waals surface area contributed by atoms with Crippen molar-refractivity contribution in [3.05, 3.63) is 76.1 Å². The van der Waals surface area contributed by atoms with E-state index in [4.69, 9.17) is 9.15 Å². The molecule has 0 saturated heterocycles. The van der Waals surface area contributed by atoms with Crippen LogP contribution in [0.25, 0.3) is 11.0 Å². The van der Waals surface area contributed by atoms with Crippen LogP contribution in [0.5, 0.6) is 5.75 Å². The molecule has 0 unspecified atom stereocenters. The van der Waals surface area contributed by atoms with Gasteiger partial charge in [0, 0.05) is 24.1 Å². The molecule has 5 nitrogen and oxygen atoms in total. The van der Waals surface area contributed by atoms with Gasteiger partial charge in [0.15, 0.2) is 6.61 Å². The summed E-state index contributed by atoms with van der Waals surface area (Å²) in [6, 6.07) is 16.8. The summed E-state index contributed by atoms with van der Waals surface area (Å²) in [5.74, 6) is 0.506. The summed E-state index contributed by atoms with van der Waals surface area (Å²) < 4.78 is 10.8. The molecular weight excluding hydrogens is 342 g/mol. The molecule has 1 amide bonds. The number of ether oxygens (including phenoxy) is 1. The molecule has 0 aliphatic rings. The van der Waals surface area contributed by atoms with Crippen LogP contribution in [0.2, 0.25) is 0 Å². The molecule has 1 N–H and O–H groups in total. The third kappa shape index (κ3) is 4.97. The molecular formula is C22H23NO4. The Bertz CT molecular complexity index is 977. The third-order valence-corrected chi connectivity index (χ3v) is 4.32. The van der Waals surface area contributed by atoms with Crippen molar-refractivity contribution < 1.29 is 13.9 Å². The number of amides is 1. The lowest BCUT2D eigenvalue weighted by molar-refractivity contribution is -0.123. The smallest absolute Gasteiger partial charge is 0.336 e. The van der Waals surface area contributed by atoms with Crippen molar-refractivity contribution in [2.45, 2.75) is 26.2 Å². The van der Waals surface area contributed by atoms with Crippen LogP contribution < -0.4 is 15.7 Å². The van der Waals surface area contributed by atoms with Gasteiger partial charge in [0.25, 0.3) is 5.91 Å². The SMILES string of the molecule is CC(C)c1cc(=O)oc2cc(OCC(=O)NCCc3ccccc3)ccc12. The van der Waals surface area contributed by atoms with Gasteiger partial charge in [-0.25, -0.2) is 4.79 Å². The zero-order valence-corrected chi connectivity index (χ0v) is 15.5. The minimum absolute atomic E-state index is 0.0889. The summed E-state index contributed by atoms with van der Waals surface area (Å²) in [7, 11) is 0. The van der Waals surface area contributed by atoms with Crippen LogP contribution in [-0.4, -0.2) is 19.1 Å². The van der Waals surface area contributed by atoms with Gasteiger partial charge >= 0.3 is 5.63 Å². The van der Waals surface area contributed by atoms with Crippen LogP contribution in [0.3, 0.4) is 0 Å². The molecule has 140 valence electrons. The fraction of sp³-hybridized carbons (Fsp3) is 0.273. The van der Waals surface area contributed by atoms with E-state index in [-0.39, 0.29) is 24.1 Å². The molecule has 1 heterocycles. The number of carbonyl (C=O) groups is 1. The number of fused-ring (bicyclic) bond motifs is 1. The monoisotopic (exact) mass is 365 g/mol. The topological polar surface area (TPSA) is 68.5 Å². The first-order valence-corrected chi connectivity index (χ1v) is 9.04. The number of hydrogen-bond donors (Lipinski definition) is 1. The summed E-state index contributed by atoms with van der Waals surface area (Å²) in [6.45, 7) is 4.52. The number of carbonyl (C=O) groups excluding carboxylic acids is 1. The van der Waals surface area contributed by atoms with Gasteiger partial charge < -0.3 is 14.5 Å². The number of hydrogen-bond acceptors (Lipinski definition) is 4. The van der Waals surface area contributed by atoms with E-state index in [1.165, 1.54) is 11.6 Å². The fourth-order valence-corrected chi connectivity index (χ4v) is 2.93. The van der Waals surface area contributed by atoms with Crippen LogP contribution >= 0.6 is 0 Å². The molecule has 0 saturated carbocycles. The maximum Gasteiger partial charge on any atom is 0.336 e. The van der Waals surface area contributed by atoms with Crippen molar-refractivity contribution in [3.63, 3.8) is 0 Å². The van der Waals surface area contributed by atoms with E-state index in [0.29, 0.717) is 17.9 Å². The molecule has 0 aliphatic carbocycles. The average molecular weight is 365 g/mol. The van der Waals surface area contributed by atoms with E-state index in [9.17, 15) is 9.59 Å². The highest BCUT2D eigenvalue weighted by atomic mass is 16.5. The Balaban J connectivity index is 1.58. The Kier molecular flexibility index (Phi) is 5.91. The highest BCUT2D eigenvalue weighted by Gasteiger charge is 2.10. The van der Waals surface area contributed by atoms with Crippen molar-refractivity contribution >= 4 is 16.9 Å². The Morgan fingerprint density at radius 2 is 1.89 bits per heavy atom. The van der Waals surface area contributed by atoms with Gasteiger partial charge in [0.1, 0.15) is 11.3 Å². The highest BCUT2D eigenvalue weighted by Crippen LogP contribution is 2.26. The zero-order chi connectivity index (χ0) is 19.2. The maximum atomic E-state index is 12.0. The number of rotatable bonds is 7. The minimum Gasteiger partial charge on any atom is -0.484 e. The van der Waals surface area contributed by atoms with E-state index in [1.807, 2.05) is 50.2 Å². The van der Waals surface area contributed by atoms with Crippen LogP contribution in [-0.2, 0) is 11.2 Å². The predicted octanol–water partition coefficient (Wildman–Crippen LogP) is 3.65. The third-order valence-electron chi connectivity index (χ3n) is 4.32. The first-order chi connectivity index (χ1) is 13.0. The average Bonchev–Trinajstić information content (AvgIpc) is 2.66. The van der Waals surface area contributed by atoms with Crippen molar-refractivity contribution in [2.24, 2.45) is 0 Å². The normalized spacial score (nSPS) is 10.9. The molecule has 0 spiro atoms. The van der Waals surface area contributed by atoms with Gasteiger partial charge in [-0.3, -0.25) is 4.79 Å². The molecule has 3 aromatic rings. The molecule has 0 fully saturated rings. The van der Waals surface area contributed by atoms with E-state index >= 15 is 0 Å². The molecule has 3 rings (SSSR count). The molecule has 5 heteroatoms. The van der Waals surface area contributed by atoms with Crippen molar-refractivity contribution in [1.29, 1.82) is 0 Å².